The minimum absolute atomic E-state index is 0.304. The standard InChI is InChI=1S/C18H12FNO2S2/c1-24(21,22)18-7-6-14(8-17(18)19)16-11-23-10-15(16)13-4-2-12(9-20)3-5-13/h2-8,10-11H,1H3. The molecule has 0 amide bonds. The van der Waals surface area contributed by atoms with Crippen molar-refractivity contribution in [1.82, 2.24) is 0 Å². The Labute approximate surface area is 143 Å². The van der Waals surface area contributed by atoms with Gasteiger partial charge in [-0.15, -0.1) is 0 Å². The second kappa shape index (κ2) is 6.19. The summed E-state index contributed by atoms with van der Waals surface area (Å²) in [4.78, 5) is -0.304. The molecule has 0 unspecified atom stereocenters. The van der Waals surface area contributed by atoms with Gasteiger partial charge in [0.15, 0.2) is 9.84 Å². The molecule has 1 heterocycles. The molecule has 3 nitrogen and oxygen atoms in total. The predicted molar refractivity (Wildman–Crippen MR) is 93.0 cm³/mol. The zero-order valence-electron chi connectivity index (χ0n) is 12.7. The Kier molecular flexibility index (Phi) is 4.22. The molecule has 0 atom stereocenters. The van der Waals surface area contributed by atoms with Crippen LogP contribution in [-0.2, 0) is 9.84 Å². The summed E-state index contributed by atoms with van der Waals surface area (Å²) in [7, 11) is -3.59. The number of hydrogen-bond donors (Lipinski definition) is 0. The molecule has 0 aliphatic heterocycles. The normalized spacial score (nSPS) is 11.2. The van der Waals surface area contributed by atoms with Crippen molar-refractivity contribution in [3.05, 3.63) is 64.6 Å². The lowest BCUT2D eigenvalue weighted by molar-refractivity contribution is 0.571. The number of nitriles is 1. The van der Waals surface area contributed by atoms with Gasteiger partial charge in [-0.2, -0.15) is 16.6 Å². The largest absolute Gasteiger partial charge is 0.224 e. The molecule has 1 aromatic heterocycles. The van der Waals surface area contributed by atoms with E-state index in [2.05, 4.69) is 6.07 Å². The monoisotopic (exact) mass is 357 g/mol. The predicted octanol–water partition coefficient (Wildman–Crippen LogP) is 4.50. The molecule has 0 bridgehead atoms. The maximum atomic E-state index is 14.2. The van der Waals surface area contributed by atoms with Crippen molar-refractivity contribution in [2.45, 2.75) is 4.90 Å². The molecule has 3 aromatic rings. The minimum atomic E-state index is -3.59. The summed E-state index contributed by atoms with van der Waals surface area (Å²) in [6, 6.07) is 13.3. The number of rotatable bonds is 3. The SMILES string of the molecule is CS(=O)(=O)c1ccc(-c2cscc2-c2ccc(C#N)cc2)cc1F. The zero-order valence-corrected chi connectivity index (χ0v) is 14.3. The smallest absolute Gasteiger partial charge is 0.178 e. The molecule has 0 saturated heterocycles. The van der Waals surface area contributed by atoms with Gasteiger partial charge in [-0.3, -0.25) is 0 Å². The Morgan fingerprint density at radius 3 is 2.12 bits per heavy atom. The minimum Gasteiger partial charge on any atom is -0.224 e. The average molecular weight is 357 g/mol. The third-order valence-corrected chi connectivity index (χ3v) is 5.50. The molecule has 0 aliphatic carbocycles. The van der Waals surface area contributed by atoms with E-state index in [0.29, 0.717) is 11.1 Å². The van der Waals surface area contributed by atoms with Gasteiger partial charge in [-0.25, -0.2) is 12.8 Å². The van der Waals surface area contributed by atoms with Crippen LogP contribution in [-0.4, -0.2) is 14.7 Å². The molecule has 0 fully saturated rings. The van der Waals surface area contributed by atoms with Gasteiger partial charge in [0.05, 0.1) is 11.6 Å². The van der Waals surface area contributed by atoms with Crippen molar-refractivity contribution in [3.63, 3.8) is 0 Å². The van der Waals surface area contributed by atoms with Crippen LogP contribution in [0.5, 0.6) is 0 Å². The molecule has 2 aromatic carbocycles. The van der Waals surface area contributed by atoms with E-state index < -0.39 is 15.7 Å². The lowest BCUT2D eigenvalue weighted by atomic mass is 9.98. The quantitative estimate of drug-likeness (QED) is 0.694. The van der Waals surface area contributed by atoms with Crippen LogP contribution < -0.4 is 0 Å². The number of sulfone groups is 1. The van der Waals surface area contributed by atoms with Gasteiger partial charge in [0.2, 0.25) is 0 Å². The summed E-state index contributed by atoms with van der Waals surface area (Å²) >= 11 is 1.48. The fourth-order valence-corrected chi connectivity index (χ4v) is 4.03. The summed E-state index contributed by atoms with van der Waals surface area (Å²) in [5.74, 6) is -0.757. The van der Waals surface area contributed by atoms with Gasteiger partial charge < -0.3 is 0 Å². The number of nitrogens with zero attached hydrogens (tertiary/aromatic N) is 1. The van der Waals surface area contributed by atoms with Crippen molar-refractivity contribution in [3.8, 4) is 28.3 Å². The fourth-order valence-electron chi connectivity index (χ4n) is 2.44. The van der Waals surface area contributed by atoms with Crippen LogP contribution in [0.25, 0.3) is 22.3 Å². The third-order valence-electron chi connectivity index (χ3n) is 3.63. The Morgan fingerprint density at radius 2 is 1.58 bits per heavy atom. The fraction of sp³-hybridized carbons (Fsp3) is 0.0556. The van der Waals surface area contributed by atoms with Gasteiger partial charge in [-0.05, 0) is 46.2 Å². The van der Waals surface area contributed by atoms with Crippen LogP contribution in [0.2, 0.25) is 0 Å². The van der Waals surface area contributed by atoms with E-state index in [9.17, 15) is 12.8 Å². The number of benzene rings is 2. The highest BCUT2D eigenvalue weighted by molar-refractivity contribution is 7.90. The van der Waals surface area contributed by atoms with E-state index in [1.54, 1.807) is 18.2 Å². The Morgan fingerprint density at radius 1 is 1.00 bits per heavy atom. The Hall–Kier alpha value is -2.49. The highest BCUT2D eigenvalue weighted by Gasteiger charge is 2.16. The number of halogens is 1. The first-order valence-electron chi connectivity index (χ1n) is 6.97. The summed E-state index contributed by atoms with van der Waals surface area (Å²) in [6.45, 7) is 0. The maximum Gasteiger partial charge on any atom is 0.178 e. The van der Waals surface area contributed by atoms with Crippen molar-refractivity contribution in [1.29, 1.82) is 5.26 Å². The molecule has 24 heavy (non-hydrogen) atoms. The molecule has 0 saturated carbocycles. The molecule has 0 aliphatic rings. The first kappa shape index (κ1) is 16.4. The summed E-state index contributed by atoms with van der Waals surface area (Å²) in [6.07, 6.45) is 0.984. The second-order valence-corrected chi connectivity index (χ2v) is 8.03. The molecule has 3 rings (SSSR count). The van der Waals surface area contributed by atoms with Gasteiger partial charge in [0.1, 0.15) is 10.7 Å². The summed E-state index contributed by atoms with van der Waals surface area (Å²) in [5.41, 5.74) is 3.83. The van der Waals surface area contributed by atoms with Gasteiger partial charge in [-0.1, -0.05) is 18.2 Å². The van der Waals surface area contributed by atoms with Crippen molar-refractivity contribution >= 4 is 21.2 Å². The van der Waals surface area contributed by atoms with Crippen molar-refractivity contribution in [2.75, 3.05) is 6.26 Å². The average Bonchev–Trinajstić information content (AvgIpc) is 3.03. The van der Waals surface area contributed by atoms with E-state index in [4.69, 9.17) is 5.26 Å². The number of hydrogen-bond acceptors (Lipinski definition) is 4. The second-order valence-electron chi connectivity index (χ2n) is 5.31. The van der Waals surface area contributed by atoms with Crippen LogP contribution >= 0.6 is 11.3 Å². The Bertz CT molecular complexity index is 1050. The topological polar surface area (TPSA) is 57.9 Å². The molecule has 6 heteroatoms. The molecule has 0 radical (unpaired) electrons. The Balaban J connectivity index is 2.07. The highest BCUT2D eigenvalue weighted by atomic mass is 32.2. The lowest BCUT2D eigenvalue weighted by Crippen LogP contribution is -2.00. The van der Waals surface area contributed by atoms with Gasteiger partial charge in [0, 0.05) is 17.4 Å². The summed E-state index contributed by atoms with van der Waals surface area (Å²) in [5, 5.41) is 12.7. The van der Waals surface area contributed by atoms with Crippen LogP contribution in [0.1, 0.15) is 5.56 Å². The number of thiophene rings is 1. The van der Waals surface area contributed by atoms with E-state index in [0.717, 1.165) is 22.9 Å². The molecule has 0 spiro atoms. The van der Waals surface area contributed by atoms with E-state index in [1.165, 1.54) is 23.5 Å². The van der Waals surface area contributed by atoms with Crippen LogP contribution in [0.15, 0.2) is 58.1 Å². The molecular weight excluding hydrogens is 345 g/mol. The van der Waals surface area contributed by atoms with Crippen LogP contribution in [0.3, 0.4) is 0 Å². The zero-order chi connectivity index (χ0) is 17.3. The van der Waals surface area contributed by atoms with Crippen LogP contribution in [0, 0.1) is 17.1 Å². The highest BCUT2D eigenvalue weighted by Crippen LogP contribution is 2.36. The molecule has 120 valence electrons. The van der Waals surface area contributed by atoms with E-state index in [1.807, 2.05) is 22.9 Å². The van der Waals surface area contributed by atoms with Crippen molar-refractivity contribution < 1.29 is 12.8 Å². The third kappa shape index (κ3) is 3.09. The summed E-state index contributed by atoms with van der Waals surface area (Å²) < 4.78 is 37.2. The van der Waals surface area contributed by atoms with Crippen molar-refractivity contribution in [2.24, 2.45) is 0 Å². The van der Waals surface area contributed by atoms with E-state index >= 15 is 0 Å². The maximum absolute atomic E-state index is 14.2. The molecule has 0 N–H and O–H groups in total. The van der Waals surface area contributed by atoms with E-state index in [-0.39, 0.29) is 4.90 Å². The lowest BCUT2D eigenvalue weighted by Gasteiger charge is -2.07. The first-order valence-corrected chi connectivity index (χ1v) is 9.80. The first-order chi connectivity index (χ1) is 11.4. The van der Waals surface area contributed by atoms with Crippen LogP contribution in [0.4, 0.5) is 4.39 Å². The van der Waals surface area contributed by atoms with Gasteiger partial charge >= 0.3 is 0 Å². The van der Waals surface area contributed by atoms with Gasteiger partial charge in [0.25, 0.3) is 0 Å². The molecular formula is C18H12FNO2S2.